The molecule has 2 aromatic carbocycles. The van der Waals surface area contributed by atoms with Crippen molar-refractivity contribution in [2.75, 3.05) is 0 Å². The molecule has 0 bridgehead atoms. The average molecular weight is 301 g/mol. The van der Waals surface area contributed by atoms with Crippen molar-refractivity contribution in [1.29, 1.82) is 0 Å². The molecule has 1 aromatic heterocycles. The summed E-state index contributed by atoms with van der Waals surface area (Å²) in [4.78, 5) is 23.4. The average Bonchev–Trinajstić information content (AvgIpc) is 2.46. The van der Waals surface area contributed by atoms with Crippen LogP contribution in [0.5, 0.6) is 0 Å². The van der Waals surface area contributed by atoms with E-state index < -0.39 is 5.97 Å². The summed E-state index contributed by atoms with van der Waals surface area (Å²) in [7, 11) is 0. The first-order chi connectivity index (χ1) is 10.1. The van der Waals surface area contributed by atoms with E-state index in [0.29, 0.717) is 10.6 Å². The van der Waals surface area contributed by atoms with E-state index in [1.54, 1.807) is 24.3 Å². The van der Waals surface area contributed by atoms with Crippen LogP contribution in [0.3, 0.4) is 0 Å². The zero-order valence-corrected chi connectivity index (χ0v) is 11.4. The molecule has 0 fully saturated rings. The molecule has 0 unspecified atom stereocenters. The van der Waals surface area contributed by atoms with Gasteiger partial charge < -0.3 is 9.52 Å². The number of halogens is 1. The minimum absolute atomic E-state index is 0.0477. The Morgan fingerprint density at radius 1 is 1.10 bits per heavy atom. The highest BCUT2D eigenvalue weighted by Gasteiger charge is 2.14. The number of benzene rings is 2. The van der Waals surface area contributed by atoms with Gasteiger partial charge in [-0.15, -0.1) is 0 Å². The van der Waals surface area contributed by atoms with Gasteiger partial charge >= 0.3 is 5.97 Å². The van der Waals surface area contributed by atoms with Crippen molar-refractivity contribution in [3.63, 3.8) is 0 Å². The molecule has 3 aromatic rings. The molecular weight excluding hydrogens is 292 g/mol. The maximum absolute atomic E-state index is 12.1. The van der Waals surface area contributed by atoms with Crippen molar-refractivity contribution in [3.05, 3.63) is 69.3 Å². The summed E-state index contributed by atoms with van der Waals surface area (Å²) < 4.78 is 5.64. The predicted molar refractivity (Wildman–Crippen MR) is 79.9 cm³/mol. The number of carbonyl (C=O) groups is 1. The first-order valence-corrected chi connectivity index (χ1v) is 6.50. The molecule has 104 valence electrons. The molecule has 0 aliphatic rings. The Labute approximate surface area is 124 Å². The Morgan fingerprint density at radius 2 is 1.86 bits per heavy atom. The van der Waals surface area contributed by atoms with Gasteiger partial charge in [0.05, 0.1) is 5.39 Å². The largest absolute Gasteiger partial charge is 0.478 e. The van der Waals surface area contributed by atoms with Gasteiger partial charge in [0.15, 0.2) is 11.0 Å². The highest BCUT2D eigenvalue weighted by Crippen LogP contribution is 2.26. The van der Waals surface area contributed by atoms with Gasteiger partial charge in [-0.25, -0.2) is 4.79 Å². The fourth-order valence-electron chi connectivity index (χ4n) is 2.13. The van der Waals surface area contributed by atoms with E-state index >= 15 is 0 Å². The quantitative estimate of drug-likeness (QED) is 0.781. The van der Waals surface area contributed by atoms with Gasteiger partial charge in [-0.2, -0.15) is 0 Å². The summed E-state index contributed by atoms with van der Waals surface area (Å²) in [5.74, 6) is -0.865. The minimum Gasteiger partial charge on any atom is -0.478 e. The van der Waals surface area contributed by atoms with Gasteiger partial charge in [0.25, 0.3) is 0 Å². The lowest BCUT2D eigenvalue weighted by molar-refractivity contribution is 0.0698. The van der Waals surface area contributed by atoms with Crippen LogP contribution >= 0.6 is 11.6 Å². The second-order valence-corrected chi connectivity index (χ2v) is 4.91. The van der Waals surface area contributed by atoms with E-state index in [0.717, 1.165) is 0 Å². The summed E-state index contributed by atoms with van der Waals surface area (Å²) >= 11 is 5.92. The van der Waals surface area contributed by atoms with E-state index in [4.69, 9.17) is 16.0 Å². The van der Waals surface area contributed by atoms with Crippen LogP contribution in [0.25, 0.3) is 22.3 Å². The van der Waals surface area contributed by atoms with E-state index in [1.165, 1.54) is 24.3 Å². The SMILES string of the molecule is O=C(O)c1cccc2c(=O)cc(-c3cccc(Cl)c3)oc12. The van der Waals surface area contributed by atoms with Crippen LogP contribution in [0.1, 0.15) is 10.4 Å². The van der Waals surface area contributed by atoms with Crippen molar-refractivity contribution in [2.45, 2.75) is 0 Å². The minimum atomic E-state index is -1.15. The summed E-state index contributed by atoms with van der Waals surface area (Å²) in [6.07, 6.45) is 0. The number of para-hydroxylation sites is 1. The Kier molecular flexibility index (Phi) is 3.23. The topological polar surface area (TPSA) is 67.5 Å². The van der Waals surface area contributed by atoms with E-state index in [2.05, 4.69) is 0 Å². The lowest BCUT2D eigenvalue weighted by Gasteiger charge is -2.05. The van der Waals surface area contributed by atoms with Gasteiger partial charge in [-0.3, -0.25) is 4.79 Å². The maximum atomic E-state index is 12.1. The van der Waals surface area contributed by atoms with Crippen molar-refractivity contribution in [1.82, 2.24) is 0 Å². The van der Waals surface area contributed by atoms with Crippen LogP contribution in [0.2, 0.25) is 5.02 Å². The first-order valence-electron chi connectivity index (χ1n) is 6.12. The first kappa shape index (κ1) is 13.4. The Hall–Kier alpha value is -2.59. The van der Waals surface area contributed by atoms with Gasteiger partial charge in [-0.1, -0.05) is 29.8 Å². The molecule has 4 nitrogen and oxygen atoms in total. The van der Waals surface area contributed by atoms with E-state index in [-0.39, 0.29) is 27.7 Å². The Balaban J connectivity index is 2.34. The van der Waals surface area contributed by atoms with Crippen LogP contribution in [0.4, 0.5) is 0 Å². The fraction of sp³-hybridized carbons (Fsp3) is 0. The molecule has 0 aliphatic heterocycles. The van der Waals surface area contributed by atoms with Gasteiger partial charge in [0.1, 0.15) is 11.3 Å². The van der Waals surface area contributed by atoms with Crippen molar-refractivity contribution in [2.24, 2.45) is 0 Å². The van der Waals surface area contributed by atoms with Crippen LogP contribution in [-0.2, 0) is 0 Å². The molecule has 3 rings (SSSR count). The van der Waals surface area contributed by atoms with Gasteiger partial charge in [-0.05, 0) is 24.3 Å². The zero-order chi connectivity index (χ0) is 15.0. The van der Waals surface area contributed by atoms with Crippen LogP contribution in [-0.4, -0.2) is 11.1 Å². The molecule has 0 aliphatic carbocycles. The third kappa shape index (κ3) is 2.41. The van der Waals surface area contributed by atoms with Crippen LogP contribution in [0.15, 0.2) is 57.7 Å². The molecule has 0 radical (unpaired) electrons. The van der Waals surface area contributed by atoms with Gasteiger partial charge in [0, 0.05) is 16.7 Å². The number of fused-ring (bicyclic) bond motifs is 1. The van der Waals surface area contributed by atoms with Crippen molar-refractivity contribution >= 4 is 28.5 Å². The Morgan fingerprint density at radius 3 is 2.57 bits per heavy atom. The monoisotopic (exact) mass is 300 g/mol. The lowest BCUT2D eigenvalue weighted by Crippen LogP contribution is -2.04. The molecule has 0 amide bonds. The fourth-order valence-corrected chi connectivity index (χ4v) is 2.32. The van der Waals surface area contributed by atoms with Crippen LogP contribution in [0, 0.1) is 0 Å². The summed E-state index contributed by atoms with van der Waals surface area (Å²) in [5, 5.41) is 9.93. The second kappa shape index (κ2) is 5.07. The molecule has 0 saturated carbocycles. The molecule has 0 saturated heterocycles. The summed E-state index contributed by atoms with van der Waals surface area (Å²) in [6.45, 7) is 0. The molecule has 0 atom stereocenters. The van der Waals surface area contributed by atoms with E-state index in [9.17, 15) is 14.7 Å². The highest BCUT2D eigenvalue weighted by molar-refractivity contribution is 6.30. The zero-order valence-electron chi connectivity index (χ0n) is 10.7. The number of hydrogen-bond acceptors (Lipinski definition) is 3. The number of carboxylic acids is 1. The number of hydrogen-bond donors (Lipinski definition) is 1. The molecule has 5 heteroatoms. The molecule has 1 N–H and O–H groups in total. The molecule has 21 heavy (non-hydrogen) atoms. The van der Waals surface area contributed by atoms with Crippen LogP contribution < -0.4 is 5.43 Å². The van der Waals surface area contributed by atoms with Crippen molar-refractivity contribution < 1.29 is 14.3 Å². The summed E-state index contributed by atoms with van der Waals surface area (Å²) in [5.41, 5.74) is 0.331. The van der Waals surface area contributed by atoms with Gasteiger partial charge in [0.2, 0.25) is 0 Å². The lowest BCUT2D eigenvalue weighted by atomic mass is 10.1. The third-order valence-corrected chi connectivity index (χ3v) is 3.33. The molecular formula is C16H9ClO4. The third-order valence-electron chi connectivity index (χ3n) is 3.09. The molecule has 1 heterocycles. The summed E-state index contributed by atoms with van der Waals surface area (Å²) in [6, 6.07) is 12.6. The van der Waals surface area contributed by atoms with E-state index in [1.807, 2.05) is 0 Å². The second-order valence-electron chi connectivity index (χ2n) is 4.47. The predicted octanol–water partition coefficient (Wildman–Crippen LogP) is 3.81. The smallest absolute Gasteiger partial charge is 0.339 e. The highest BCUT2D eigenvalue weighted by atomic mass is 35.5. The maximum Gasteiger partial charge on any atom is 0.339 e. The number of rotatable bonds is 2. The number of carboxylic acid groups (broad SMARTS) is 1. The Bertz CT molecular complexity index is 912. The van der Waals surface area contributed by atoms with Crippen molar-refractivity contribution in [3.8, 4) is 11.3 Å². The number of aromatic carboxylic acids is 1. The normalized spacial score (nSPS) is 10.7. The standard InChI is InChI=1S/C16H9ClO4/c17-10-4-1-3-9(7-10)14-8-13(18)11-5-2-6-12(16(19)20)15(11)21-14/h1-8H,(H,19,20). The molecule has 0 spiro atoms.